The molecular weight excluding hydrogens is 356 g/mol. The summed E-state index contributed by atoms with van der Waals surface area (Å²) >= 11 is 0. The highest BCUT2D eigenvalue weighted by Gasteiger charge is 2.25. The fourth-order valence-corrected chi connectivity index (χ4v) is 4.14. The fraction of sp³-hybridized carbons (Fsp3) is 0.353. The van der Waals surface area contributed by atoms with E-state index in [1.165, 1.54) is 30.3 Å². The Morgan fingerprint density at radius 2 is 1.85 bits per heavy atom. The second-order valence-corrected chi connectivity index (χ2v) is 8.06. The summed E-state index contributed by atoms with van der Waals surface area (Å²) in [5.41, 5.74) is 5.18. The minimum atomic E-state index is -4.01. The molecule has 1 aromatic heterocycles. The first-order valence-corrected chi connectivity index (χ1v) is 9.69. The number of benzene rings is 1. The molecule has 1 fully saturated rings. The van der Waals surface area contributed by atoms with Crippen molar-refractivity contribution >= 4 is 15.7 Å². The van der Waals surface area contributed by atoms with Crippen molar-refractivity contribution in [2.45, 2.75) is 28.9 Å². The Kier molecular flexibility index (Phi) is 5.19. The molecule has 1 aromatic carbocycles. The standard InChI is InChI=1S/C17H20N4O4S/c1-21-10-8-12(9-11-21)25-15-6-7-16(20-19-15)26(23,24)14-5-3-2-4-13(14)17(18)22/h2-7,12H,8-11H2,1H3,(H2,18,22). The Hall–Kier alpha value is -2.52. The zero-order chi connectivity index (χ0) is 18.7. The molecule has 0 unspecified atom stereocenters. The van der Waals surface area contributed by atoms with Gasteiger partial charge in [-0.15, -0.1) is 10.2 Å². The van der Waals surface area contributed by atoms with E-state index in [-0.39, 0.29) is 27.5 Å². The lowest BCUT2D eigenvalue weighted by molar-refractivity contribution is 0.0997. The fourth-order valence-electron chi connectivity index (χ4n) is 2.80. The molecule has 138 valence electrons. The average molecular weight is 376 g/mol. The number of carbonyl (C=O) groups excluding carboxylic acids is 1. The summed E-state index contributed by atoms with van der Waals surface area (Å²) in [7, 11) is -1.95. The normalized spacial score (nSPS) is 16.3. The Morgan fingerprint density at radius 1 is 1.15 bits per heavy atom. The zero-order valence-corrected chi connectivity index (χ0v) is 15.1. The van der Waals surface area contributed by atoms with E-state index in [0.717, 1.165) is 25.9 Å². The van der Waals surface area contributed by atoms with Crippen molar-refractivity contribution < 1.29 is 17.9 Å². The molecule has 9 heteroatoms. The highest BCUT2D eigenvalue weighted by atomic mass is 32.2. The van der Waals surface area contributed by atoms with Crippen molar-refractivity contribution in [1.29, 1.82) is 0 Å². The van der Waals surface area contributed by atoms with E-state index >= 15 is 0 Å². The van der Waals surface area contributed by atoms with Crippen LogP contribution in [0.1, 0.15) is 23.2 Å². The first-order valence-electron chi connectivity index (χ1n) is 8.21. The number of aromatic nitrogens is 2. The largest absolute Gasteiger partial charge is 0.473 e. The summed E-state index contributed by atoms with van der Waals surface area (Å²) in [6.07, 6.45) is 1.80. The molecule has 2 aromatic rings. The van der Waals surface area contributed by atoms with Crippen molar-refractivity contribution in [3.8, 4) is 5.88 Å². The number of hydrogen-bond donors (Lipinski definition) is 1. The van der Waals surface area contributed by atoms with Crippen LogP contribution in [0.2, 0.25) is 0 Å². The number of ether oxygens (including phenoxy) is 1. The molecule has 1 aliphatic rings. The molecule has 3 rings (SSSR count). The minimum Gasteiger partial charge on any atom is -0.473 e. The van der Waals surface area contributed by atoms with Crippen LogP contribution < -0.4 is 10.5 Å². The number of amides is 1. The first-order chi connectivity index (χ1) is 12.4. The molecule has 0 bridgehead atoms. The summed E-state index contributed by atoms with van der Waals surface area (Å²) in [6.45, 7) is 1.88. The van der Waals surface area contributed by atoms with E-state index in [4.69, 9.17) is 10.5 Å². The monoisotopic (exact) mass is 376 g/mol. The maximum absolute atomic E-state index is 12.7. The van der Waals surface area contributed by atoms with Crippen molar-refractivity contribution in [3.05, 3.63) is 42.0 Å². The predicted molar refractivity (Wildman–Crippen MR) is 93.6 cm³/mol. The molecule has 1 aliphatic heterocycles. The molecule has 2 heterocycles. The van der Waals surface area contributed by atoms with E-state index < -0.39 is 15.7 Å². The Balaban J connectivity index is 1.81. The highest BCUT2D eigenvalue weighted by molar-refractivity contribution is 7.91. The number of hydrogen-bond acceptors (Lipinski definition) is 7. The molecule has 26 heavy (non-hydrogen) atoms. The van der Waals surface area contributed by atoms with Crippen LogP contribution in [0.3, 0.4) is 0 Å². The lowest BCUT2D eigenvalue weighted by atomic mass is 10.1. The third kappa shape index (κ3) is 3.83. The van der Waals surface area contributed by atoms with Crippen molar-refractivity contribution in [3.63, 3.8) is 0 Å². The van der Waals surface area contributed by atoms with Gasteiger partial charge < -0.3 is 15.4 Å². The van der Waals surface area contributed by atoms with E-state index in [1.807, 2.05) is 0 Å². The number of piperidine rings is 1. The molecule has 1 saturated heterocycles. The predicted octanol–water partition coefficient (Wildman–Crippen LogP) is 0.881. The molecule has 0 atom stereocenters. The number of nitrogens with zero attached hydrogens (tertiary/aromatic N) is 3. The smallest absolute Gasteiger partial charge is 0.250 e. The zero-order valence-electron chi connectivity index (χ0n) is 14.3. The second kappa shape index (κ2) is 7.38. The van der Waals surface area contributed by atoms with Gasteiger partial charge in [0.2, 0.25) is 21.6 Å². The highest BCUT2D eigenvalue weighted by Crippen LogP contribution is 2.23. The summed E-state index contributed by atoms with van der Waals surface area (Å²) < 4.78 is 31.2. The topological polar surface area (TPSA) is 115 Å². The van der Waals surface area contributed by atoms with Gasteiger partial charge in [-0.25, -0.2) is 8.42 Å². The summed E-state index contributed by atoms with van der Waals surface area (Å²) in [5, 5.41) is 7.40. The van der Waals surface area contributed by atoms with Crippen LogP contribution in [0.25, 0.3) is 0 Å². The molecule has 0 saturated carbocycles. The van der Waals surface area contributed by atoms with Crippen LogP contribution in [0.4, 0.5) is 0 Å². The van der Waals surface area contributed by atoms with Crippen LogP contribution in [-0.2, 0) is 9.84 Å². The van der Waals surface area contributed by atoms with Gasteiger partial charge in [-0.05, 0) is 38.1 Å². The van der Waals surface area contributed by atoms with Gasteiger partial charge in [0.25, 0.3) is 0 Å². The molecule has 8 nitrogen and oxygen atoms in total. The molecular formula is C17H20N4O4S. The maximum atomic E-state index is 12.7. The van der Waals surface area contributed by atoms with Gasteiger partial charge in [0.15, 0.2) is 5.03 Å². The summed E-state index contributed by atoms with van der Waals surface area (Å²) in [4.78, 5) is 13.5. The van der Waals surface area contributed by atoms with Crippen molar-refractivity contribution in [1.82, 2.24) is 15.1 Å². The van der Waals surface area contributed by atoms with Gasteiger partial charge in [0.05, 0.1) is 10.5 Å². The lowest BCUT2D eigenvalue weighted by Crippen LogP contribution is -2.35. The van der Waals surface area contributed by atoms with E-state index in [1.54, 1.807) is 6.07 Å². The van der Waals surface area contributed by atoms with Gasteiger partial charge in [-0.1, -0.05) is 12.1 Å². The summed E-state index contributed by atoms with van der Waals surface area (Å²) in [6, 6.07) is 8.55. The number of likely N-dealkylation sites (tertiary alicyclic amines) is 1. The quantitative estimate of drug-likeness (QED) is 0.823. The minimum absolute atomic E-state index is 0.0403. The number of rotatable bonds is 5. The maximum Gasteiger partial charge on any atom is 0.250 e. The molecule has 2 N–H and O–H groups in total. The van der Waals surface area contributed by atoms with Crippen LogP contribution in [0, 0.1) is 0 Å². The van der Waals surface area contributed by atoms with Crippen LogP contribution in [-0.4, -0.2) is 55.7 Å². The van der Waals surface area contributed by atoms with E-state index in [9.17, 15) is 13.2 Å². The average Bonchev–Trinajstić information content (AvgIpc) is 2.64. The first kappa shape index (κ1) is 18.3. The lowest BCUT2D eigenvalue weighted by Gasteiger charge is -2.28. The van der Waals surface area contributed by atoms with Gasteiger partial charge >= 0.3 is 0 Å². The molecule has 1 amide bonds. The second-order valence-electron chi connectivity index (χ2n) is 6.19. The molecule has 0 aliphatic carbocycles. The molecule has 0 radical (unpaired) electrons. The van der Waals surface area contributed by atoms with Gasteiger partial charge in [0, 0.05) is 19.2 Å². The van der Waals surface area contributed by atoms with Crippen molar-refractivity contribution in [2.24, 2.45) is 5.73 Å². The number of primary amides is 1. The molecule has 0 spiro atoms. The van der Waals surface area contributed by atoms with E-state index in [2.05, 4.69) is 22.1 Å². The van der Waals surface area contributed by atoms with Crippen LogP contribution in [0.5, 0.6) is 5.88 Å². The summed E-state index contributed by atoms with van der Waals surface area (Å²) in [5.74, 6) is -0.541. The number of carbonyl (C=O) groups is 1. The van der Waals surface area contributed by atoms with Crippen LogP contribution in [0.15, 0.2) is 46.3 Å². The van der Waals surface area contributed by atoms with Crippen LogP contribution >= 0.6 is 0 Å². The Bertz CT molecular complexity index is 891. The third-order valence-electron chi connectivity index (χ3n) is 4.29. The van der Waals surface area contributed by atoms with E-state index in [0.29, 0.717) is 0 Å². The number of sulfone groups is 1. The third-order valence-corrected chi connectivity index (χ3v) is 5.99. The Labute approximate surface area is 151 Å². The van der Waals surface area contributed by atoms with Gasteiger partial charge in [-0.3, -0.25) is 4.79 Å². The van der Waals surface area contributed by atoms with Gasteiger partial charge in [-0.2, -0.15) is 0 Å². The number of nitrogens with two attached hydrogens (primary N) is 1. The van der Waals surface area contributed by atoms with Crippen molar-refractivity contribution in [2.75, 3.05) is 20.1 Å². The SMILES string of the molecule is CN1CCC(Oc2ccc(S(=O)(=O)c3ccccc3C(N)=O)nn2)CC1. The Morgan fingerprint density at radius 3 is 2.46 bits per heavy atom. The van der Waals surface area contributed by atoms with Gasteiger partial charge in [0.1, 0.15) is 6.10 Å².